The highest BCUT2D eigenvalue weighted by atomic mass is 19.1. The van der Waals surface area contributed by atoms with Crippen molar-refractivity contribution in [1.82, 2.24) is 20.2 Å². The molecule has 0 aliphatic heterocycles. The van der Waals surface area contributed by atoms with Crippen LogP contribution in [0.4, 0.5) is 8.78 Å². The molecule has 0 radical (unpaired) electrons. The molecule has 6 nitrogen and oxygen atoms in total. The van der Waals surface area contributed by atoms with Gasteiger partial charge in [0.15, 0.2) is 5.78 Å². The number of hydrogen-bond donors (Lipinski definition) is 0. The van der Waals surface area contributed by atoms with Crippen LogP contribution < -0.4 is 0 Å². The predicted octanol–water partition coefficient (Wildman–Crippen LogP) is 5.02. The van der Waals surface area contributed by atoms with Gasteiger partial charge < -0.3 is 4.74 Å². The van der Waals surface area contributed by atoms with E-state index in [0.717, 1.165) is 24.1 Å². The summed E-state index contributed by atoms with van der Waals surface area (Å²) in [5.41, 5.74) is 1.85. The number of benzene rings is 1. The number of hydrogen-bond acceptors (Lipinski definition) is 6. The van der Waals surface area contributed by atoms with Crippen LogP contribution in [-0.2, 0) is 10.2 Å². The lowest BCUT2D eigenvalue weighted by Crippen LogP contribution is -2.38. The molecule has 176 valence electrons. The maximum Gasteiger partial charge on any atom is 0.182 e. The van der Waals surface area contributed by atoms with Gasteiger partial charge >= 0.3 is 0 Å². The molecule has 1 fully saturated rings. The first kappa shape index (κ1) is 22.7. The number of halogens is 2. The van der Waals surface area contributed by atoms with E-state index in [2.05, 4.69) is 29.0 Å². The summed E-state index contributed by atoms with van der Waals surface area (Å²) in [7, 11) is 1.60. The third-order valence-electron chi connectivity index (χ3n) is 7.71. The molecule has 2 aliphatic carbocycles. The van der Waals surface area contributed by atoms with Gasteiger partial charge in [0, 0.05) is 26.3 Å². The molecule has 0 N–H and O–H groups in total. The van der Waals surface area contributed by atoms with Crippen LogP contribution in [-0.4, -0.2) is 39.7 Å². The summed E-state index contributed by atoms with van der Waals surface area (Å²) in [4.78, 5) is 21.8. The van der Waals surface area contributed by atoms with E-state index < -0.39 is 17.0 Å². The Kier molecular flexibility index (Phi) is 5.51. The first-order chi connectivity index (χ1) is 16.3. The van der Waals surface area contributed by atoms with Crippen molar-refractivity contribution in [1.29, 1.82) is 0 Å². The average Bonchev–Trinajstić information content (AvgIpc) is 3.20. The van der Waals surface area contributed by atoms with Gasteiger partial charge in [0.05, 0.1) is 34.3 Å². The summed E-state index contributed by atoms with van der Waals surface area (Å²) in [6.07, 6.45) is 5.81. The fourth-order valence-electron chi connectivity index (χ4n) is 5.97. The second-order valence-corrected chi connectivity index (χ2v) is 9.66. The number of rotatable bonds is 7. The van der Waals surface area contributed by atoms with Crippen molar-refractivity contribution in [3.05, 3.63) is 70.9 Å². The molecule has 2 aliphatic rings. The highest BCUT2D eigenvalue weighted by Gasteiger charge is 2.65. The molecule has 8 heteroatoms. The highest BCUT2D eigenvalue weighted by Crippen LogP contribution is 2.69. The maximum atomic E-state index is 14.4. The normalized spacial score (nSPS) is 22.1. The monoisotopic (exact) mass is 464 g/mol. The lowest BCUT2D eigenvalue weighted by Gasteiger charge is -2.37. The number of fused-ring (bicyclic) bond motifs is 5. The fourth-order valence-corrected chi connectivity index (χ4v) is 5.97. The number of ketones is 1. The number of carbonyl (C=O) groups is 1. The Bertz CT molecular complexity index is 1260. The Hall–Kier alpha value is -3.13. The fraction of sp³-hybridized carbons (Fsp3) is 0.423. The largest absolute Gasteiger partial charge is 0.385 e. The Morgan fingerprint density at radius 2 is 1.94 bits per heavy atom. The van der Waals surface area contributed by atoms with Crippen molar-refractivity contribution in [2.45, 2.75) is 50.9 Å². The van der Waals surface area contributed by atoms with Gasteiger partial charge in [0.25, 0.3) is 0 Å². The van der Waals surface area contributed by atoms with E-state index in [0.29, 0.717) is 30.8 Å². The van der Waals surface area contributed by atoms with Crippen LogP contribution in [0.3, 0.4) is 0 Å². The second kappa shape index (κ2) is 8.27. The minimum Gasteiger partial charge on any atom is -0.385 e. The van der Waals surface area contributed by atoms with Crippen LogP contribution in [0.2, 0.25) is 0 Å². The molecule has 34 heavy (non-hydrogen) atoms. The summed E-state index contributed by atoms with van der Waals surface area (Å²) in [5.74, 6) is -1.30. The zero-order chi connectivity index (χ0) is 24.1. The summed E-state index contributed by atoms with van der Waals surface area (Å²) < 4.78 is 33.9. The third-order valence-corrected chi connectivity index (χ3v) is 7.71. The summed E-state index contributed by atoms with van der Waals surface area (Å²) in [6, 6.07) is 5.53. The smallest absolute Gasteiger partial charge is 0.182 e. The topological polar surface area (TPSA) is 77.9 Å². The molecule has 1 saturated carbocycles. The van der Waals surface area contributed by atoms with Crippen LogP contribution >= 0.6 is 0 Å². The van der Waals surface area contributed by atoms with Crippen molar-refractivity contribution in [2.24, 2.45) is 5.41 Å². The first-order valence-electron chi connectivity index (χ1n) is 11.5. The number of carbonyl (C=O) groups excluding carboxylic acids is 1. The molecule has 2 bridgehead atoms. The molecule has 0 saturated heterocycles. The summed E-state index contributed by atoms with van der Waals surface area (Å²) in [6.45, 7) is 4.82. The maximum absolute atomic E-state index is 14.4. The quantitative estimate of drug-likeness (QED) is 0.361. The van der Waals surface area contributed by atoms with E-state index in [1.165, 1.54) is 24.4 Å². The average molecular weight is 465 g/mol. The van der Waals surface area contributed by atoms with Crippen LogP contribution in [0, 0.1) is 17.0 Å². The van der Waals surface area contributed by atoms with Gasteiger partial charge in [-0.05, 0) is 54.4 Å². The Labute approximate surface area is 196 Å². The minimum atomic E-state index is -0.670. The number of nitrogens with zero attached hydrogens (tertiary/aromatic N) is 4. The van der Waals surface area contributed by atoms with Crippen molar-refractivity contribution in [3.63, 3.8) is 0 Å². The van der Waals surface area contributed by atoms with Crippen molar-refractivity contribution in [3.8, 4) is 11.3 Å². The van der Waals surface area contributed by atoms with Gasteiger partial charge in [-0.15, -0.1) is 5.10 Å². The van der Waals surface area contributed by atoms with Gasteiger partial charge in [-0.1, -0.05) is 19.9 Å². The molecule has 0 amide bonds. The first-order valence-corrected chi connectivity index (χ1v) is 11.5. The number of methoxy groups -OCH3 is 1. The molecule has 5 rings (SSSR count). The van der Waals surface area contributed by atoms with E-state index in [1.807, 2.05) is 0 Å². The molecule has 2 heterocycles. The highest BCUT2D eigenvalue weighted by molar-refractivity contribution is 5.94. The Balaban J connectivity index is 1.59. The van der Waals surface area contributed by atoms with Crippen LogP contribution in [0.1, 0.15) is 72.9 Å². The van der Waals surface area contributed by atoms with Crippen LogP contribution in [0.25, 0.3) is 11.3 Å². The van der Waals surface area contributed by atoms with Gasteiger partial charge in [-0.2, -0.15) is 5.10 Å². The number of aromatic nitrogens is 4. The van der Waals surface area contributed by atoms with E-state index in [-0.39, 0.29) is 28.4 Å². The van der Waals surface area contributed by atoms with Crippen molar-refractivity contribution >= 4 is 5.78 Å². The van der Waals surface area contributed by atoms with Gasteiger partial charge in [-0.25, -0.2) is 13.8 Å². The minimum absolute atomic E-state index is 0.0789. The lowest BCUT2D eigenvalue weighted by atomic mass is 9.66. The summed E-state index contributed by atoms with van der Waals surface area (Å²) >= 11 is 0. The summed E-state index contributed by atoms with van der Waals surface area (Å²) in [5, 5.41) is 8.77. The predicted molar refractivity (Wildman–Crippen MR) is 121 cm³/mol. The molecule has 2 atom stereocenters. The zero-order valence-electron chi connectivity index (χ0n) is 19.4. The van der Waals surface area contributed by atoms with E-state index in [1.54, 1.807) is 19.4 Å². The van der Waals surface area contributed by atoms with Crippen LogP contribution in [0.15, 0.2) is 36.7 Å². The molecule has 0 spiro atoms. The lowest BCUT2D eigenvalue weighted by molar-refractivity contribution is 0.0957. The van der Waals surface area contributed by atoms with E-state index in [9.17, 15) is 13.6 Å². The van der Waals surface area contributed by atoms with Crippen molar-refractivity contribution < 1.29 is 18.3 Å². The molecule has 2 aromatic heterocycles. The van der Waals surface area contributed by atoms with Crippen LogP contribution in [0.5, 0.6) is 0 Å². The molecular weight excluding hydrogens is 438 g/mol. The Morgan fingerprint density at radius 3 is 2.68 bits per heavy atom. The molecule has 3 aromatic rings. The SMILES string of the molecule is COCCCC(=O)c1cncc([C@@]23CC[C@@H](c4cc(-c5c(F)cccc5F)nnc42)C3(C)C)n1. The third kappa shape index (κ3) is 3.19. The van der Waals surface area contributed by atoms with E-state index >= 15 is 0 Å². The number of ether oxygens (including phenoxy) is 1. The second-order valence-electron chi connectivity index (χ2n) is 9.66. The zero-order valence-corrected chi connectivity index (χ0v) is 19.4. The molecular formula is C26H26F2N4O2. The van der Waals surface area contributed by atoms with Gasteiger partial charge in [0.2, 0.25) is 0 Å². The van der Waals surface area contributed by atoms with E-state index in [4.69, 9.17) is 9.72 Å². The standard InChI is InChI=1S/C26H26F2N4O2/c1-25(2)16-9-10-26(25,22-14-29-13-20(30-22)21(33)8-5-11-34-3)24-15(16)12-19(31-32-24)23-17(27)6-4-7-18(23)28/h4,6-7,12-14,16H,5,8-11H2,1-3H3/t16-,26-/m0/s1. The van der Waals surface area contributed by atoms with Gasteiger partial charge in [-0.3, -0.25) is 9.78 Å². The van der Waals surface area contributed by atoms with Gasteiger partial charge in [0.1, 0.15) is 17.3 Å². The molecule has 1 aromatic carbocycles. The number of Topliss-reactive ketones (excluding diaryl/α,β-unsaturated/α-hetero) is 1. The molecule has 0 unspecified atom stereocenters. The Morgan fingerprint density at radius 1 is 1.18 bits per heavy atom. The van der Waals surface area contributed by atoms with Crippen molar-refractivity contribution in [2.75, 3.05) is 13.7 Å².